The third-order valence-corrected chi connectivity index (χ3v) is 5.28. The van der Waals surface area contributed by atoms with Gasteiger partial charge in [0.05, 0.1) is 10.6 Å². The lowest BCUT2D eigenvalue weighted by Crippen LogP contribution is -1.96. The molecule has 0 aliphatic carbocycles. The number of thiazole rings is 1. The smallest absolute Gasteiger partial charge is 0.175 e. The Hall–Kier alpha value is -1.76. The molecule has 3 rings (SSSR count). The van der Waals surface area contributed by atoms with E-state index in [1.165, 1.54) is 17.6 Å². The van der Waals surface area contributed by atoms with Crippen molar-refractivity contribution in [3.8, 4) is 21.8 Å². The van der Waals surface area contributed by atoms with Crippen molar-refractivity contribution in [1.29, 1.82) is 0 Å². The highest BCUT2D eigenvalue weighted by Gasteiger charge is 2.10. The van der Waals surface area contributed by atoms with Gasteiger partial charge in [0.25, 0.3) is 0 Å². The molecular formula is C15H11ClN2O2S2. The minimum atomic E-state index is -3.18. The number of pyridine rings is 1. The van der Waals surface area contributed by atoms with E-state index >= 15 is 0 Å². The molecule has 0 N–H and O–H groups in total. The minimum Gasteiger partial charge on any atom is -0.245 e. The lowest BCUT2D eigenvalue weighted by molar-refractivity contribution is 0.602. The van der Waals surface area contributed by atoms with Crippen molar-refractivity contribution in [2.24, 2.45) is 0 Å². The molecule has 0 atom stereocenters. The van der Waals surface area contributed by atoms with Crippen LogP contribution in [0.4, 0.5) is 0 Å². The van der Waals surface area contributed by atoms with Crippen molar-refractivity contribution < 1.29 is 8.42 Å². The molecule has 2 heterocycles. The number of rotatable bonds is 3. The summed E-state index contributed by atoms with van der Waals surface area (Å²) in [6, 6.07) is 10.3. The van der Waals surface area contributed by atoms with E-state index in [-0.39, 0.29) is 0 Å². The molecule has 7 heteroatoms. The first-order valence-electron chi connectivity index (χ1n) is 6.31. The molecule has 0 aliphatic heterocycles. The maximum Gasteiger partial charge on any atom is 0.175 e. The quantitative estimate of drug-likeness (QED) is 0.671. The van der Waals surface area contributed by atoms with Crippen LogP contribution >= 0.6 is 22.9 Å². The summed E-state index contributed by atoms with van der Waals surface area (Å²) in [7, 11) is -3.18. The molecule has 1 aromatic carbocycles. The first-order chi connectivity index (χ1) is 10.4. The summed E-state index contributed by atoms with van der Waals surface area (Å²) in [5, 5.41) is 3.19. The van der Waals surface area contributed by atoms with E-state index < -0.39 is 9.84 Å². The molecule has 22 heavy (non-hydrogen) atoms. The van der Waals surface area contributed by atoms with Gasteiger partial charge in [-0.05, 0) is 24.3 Å². The Balaban J connectivity index is 1.94. The Labute approximate surface area is 137 Å². The summed E-state index contributed by atoms with van der Waals surface area (Å²) < 4.78 is 22.9. The number of hydrogen-bond acceptors (Lipinski definition) is 5. The Kier molecular flexibility index (Phi) is 3.99. The Morgan fingerprint density at radius 2 is 1.82 bits per heavy atom. The predicted octanol–water partition coefficient (Wildman–Crippen LogP) is 3.93. The van der Waals surface area contributed by atoms with E-state index in [1.807, 2.05) is 11.4 Å². The highest BCUT2D eigenvalue weighted by atomic mass is 35.5. The molecule has 4 nitrogen and oxygen atoms in total. The summed E-state index contributed by atoms with van der Waals surface area (Å²) in [6.07, 6.45) is 2.83. The van der Waals surface area contributed by atoms with Gasteiger partial charge in [-0.15, -0.1) is 11.3 Å². The Bertz CT molecular complexity index is 919. The fourth-order valence-electron chi connectivity index (χ4n) is 1.95. The average Bonchev–Trinajstić information content (AvgIpc) is 2.96. The molecule has 0 saturated heterocycles. The molecule has 0 unspecified atom stereocenters. The van der Waals surface area contributed by atoms with Crippen molar-refractivity contribution in [2.45, 2.75) is 4.90 Å². The summed E-state index contributed by atoms with van der Waals surface area (Å²) in [5.74, 6) is 0. The van der Waals surface area contributed by atoms with Crippen LogP contribution in [0.1, 0.15) is 0 Å². The minimum absolute atomic E-state index is 0.299. The molecule has 0 fully saturated rings. The van der Waals surface area contributed by atoms with Crippen molar-refractivity contribution in [2.75, 3.05) is 6.26 Å². The lowest BCUT2D eigenvalue weighted by Gasteiger charge is -2.00. The van der Waals surface area contributed by atoms with Gasteiger partial charge in [-0.2, -0.15) is 0 Å². The van der Waals surface area contributed by atoms with Crippen LogP contribution in [0.3, 0.4) is 0 Å². The van der Waals surface area contributed by atoms with Gasteiger partial charge in [0.15, 0.2) is 9.84 Å². The lowest BCUT2D eigenvalue weighted by atomic mass is 10.2. The van der Waals surface area contributed by atoms with Crippen LogP contribution in [0.15, 0.2) is 52.9 Å². The third-order valence-electron chi connectivity index (χ3n) is 3.06. The molecule has 0 spiro atoms. The molecule has 0 radical (unpaired) electrons. The van der Waals surface area contributed by atoms with Gasteiger partial charge in [-0.25, -0.2) is 18.4 Å². The monoisotopic (exact) mass is 350 g/mol. The predicted molar refractivity (Wildman–Crippen MR) is 88.9 cm³/mol. The van der Waals surface area contributed by atoms with Gasteiger partial charge in [0, 0.05) is 29.0 Å². The standard InChI is InChI=1S/C15H11ClN2O2S2/c1-22(19,20)12-4-2-10(3-5-12)13-9-21-15(18-13)11-6-7-17-14(16)8-11/h2-9H,1H3. The second-order valence-corrected chi connectivity index (χ2v) is 7.96. The van der Waals surface area contributed by atoms with Gasteiger partial charge in [0.2, 0.25) is 0 Å². The van der Waals surface area contributed by atoms with E-state index in [4.69, 9.17) is 11.6 Å². The van der Waals surface area contributed by atoms with E-state index in [0.717, 1.165) is 21.8 Å². The SMILES string of the molecule is CS(=O)(=O)c1ccc(-c2csc(-c3ccnc(Cl)c3)n2)cc1. The zero-order valence-electron chi connectivity index (χ0n) is 11.5. The number of nitrogens with zero attached hydrogens (tertiary/aromatic N) is 2. The first-order valence-corrected chi connectivity index (χ1v) is 9.46. The van der Waals surface area contributed by atoms with Gasteiger partial charge in [-0.1, -0.05) is 23.7 Å². The molecule has 0 amide bonds. The zero-order valence-corrected chi connectivity index (χ0v) is 13.9. The number of aromatic nitrogens is 2. The Morgan fingerprint density at radius 1 is 1.09 bits per heavy atom. The second-order valence-electron chi connectivity index (χ2n) is 4.70. The molecule has 2 aromatic heterocycles. The van der Waals surface area contributed by atoms with Crippen molar-refractivity contribution in [3.63, 3.8) is 0 Å². The fourth-order valence-corrected chi connectivity index (χ4v) is 3.58. The second kappa shape index (κ2) is 5.79. The molecule has 112 valence electrons. The first kappa shape index (κ1) is 15.1. The highest BCUT2D eigenvalue weighted by Crippen LogP contribution is 2.30. The molecule has 3 aromatic rings. The molecule has 0 bridgehead atoms. The van der Waals surface area contributed by atoms with Crippen LogP contribution in [0.25, 0.3) is 21.8 Å². The van der Waals surface area contributed by atoms with Crippen LogP contribution < -0.4 is 0 Å². The van der Waals surface area contributed by atoms with Gasteiger partial charge in [0.1, 0.15) is 10.2 Å². The molecule has 0 aliphatic rings. The number of hydrogen-bond donors (Lipinski definition) is 0. The number of benzene rings is 1. The number of halogens is 1. The Morgan fingerprint density at radius 3 is 2.45 bits per heavy atom. The third kappa shape index (κ3) is 3.19. The van der Waals surface area contributed by atoms with Gasteiger partial charge < -0.3 is 0 Å². The van der Waals surface area contributed by atoms with E-state index in [1.54, 1.807) is 36.5 Å². The average molecular weight is 351 g/mol. The summed E-state index contributed by atoms with van der Waals surface area (Å²) >= 11 is 7.39. The van der Waals surface area contributed by atoms with Crippen LogP contribution in [-0.4, -0.2) is 24.6 Å². The fraction of sp³-hybridized carbons (Fsp3) is 0.0667. The van der Waals surface area contributed by atoms with E-state index in [0.29, 0.717) is 10.0 Å². The summed E-state index contributed by atoms with van der Waals surface area (Å²) in [6.45, 7) is 0. The highest BCUT2D eigenvalue weighted by molar-refractivity contribution is 7.90. The normalized spacial score (nSPS) is 11.5. The van der Waals surface area contributed by atoms with E-state index in [9.17, 15) is 8.42 Å². The van der Waals surface area contributed by atoms with Gasteiger partial charge in [-0.3, -0.25) is 0 Å². The van der Waals surface area contributed by atoms with Crippen LogP contribution in [-0.2, 0) is 9.84 Å². The van der Waals surface area contributed by atoms with Crippen LogP contribution in [0.2, 0.25) is 5.15 Å². The number of sulfone groups is 1. The zero-order chi connectivity index (χ0) is 15.7. The molecule has 0 saturated carbocycles. The maximum atomic E-state index is 11.5. The maximum absolute atomic E-state index is 11.5. The summed E-state index contributed by atoms with van der Waals surface area (Å²) in [5.41, 5.74) is 2.58. The largest absolute Gasteiger partial charge is 0.245 e. The van der Waals surface area contributed by atoms with Crippen LogP contribution in [0, 0.1) is 0 Å². The van der Waals surface area contributed by atoms with Crippen molar-refractivity contribution in [1.82, 2.24) is 9.97 Å². The molecular weight excluding hydrogens is 340 g/mol. The topological polar surface area (TPSA) is 59.9 Å². The summed E-state index contributed by atoms with van der Waals surface area (Å²) in [4.78, 5) is 8.81. The van der Waals surface area contributed by atoms with Crippen LogP contribution in [0.5, 0.6) is 0 Å². The van der Waals surface area contributed by atoms with Gasteiger partial charge >= 0.3 is 0 Å². The van der Waals surface area contributed by atoms with Crippen molar-refractivity contribution in [3.05, 3.63) is 53.1 Å². The van der Waals surface area contributed by atoms with E-state index in [2.05, 4.69) is 9.97 Å². The van der Waals surface area contributed by atoms with Crippen molar-refractivity contribution >= 4 is 32.8 Å².